The number of methoxy groups -OCH3 is 2. The van der Waals surface area contributed by atoms with Crippen molar-refractivity contribution in [2.75, 3.05) is 27.4 Å². The average Bonchev–Trinajstić information content (AvgIpc) is 3.55. The number of aryl methyl sites for hydroxylation is 2. The van der Waals surface area contributed by atoms with Crippen molar-refractivity contribution >= 4 is 28.7 Å². The molecule has 9 heteroatoms. The van der Waals surface area contributed by atoms with Gasteiger partial charge in [0.1, 0.15) is 17.8 Å². The van der Waals surface area contributed by atoms with Crippen LogP contribution in [0.25, 0.3) is 10.8 Å². The molecule has 1 saturated carbocycles. The first-order valence-corrected chi connectivity index (χ1v) is 14.9. The third kappa shape index (κ3) is 7.54. The maximum atomic E-state index is 13.4. The number of nitrogens with zero attached hydrogens (tertiary/aromatic N) is 1. The molecule has 4 rings (SSSR count). The van der Waals surface area contributed by atoms with Crippen LogP contribution in [0.5, 0.6) is 5.75 Å². The SMILES string of the molecule is COc1cc2ccc(C)cc2cc1CCCC1(CCOC(=O)N[C@H](C(=O)N2C[C@@H](OC)C[C@H]2C(=O)O)C(C)(C)C)CC1. The predicted octanol–water partition coefficient (Wildman–Crippen LogP) is 5.49. The Kier molecular flexibility index (Phi) is 9.70. The van der Waals surface area contributed by atoms with Crippen LogP contribution in [0, 0.1) is 17.8 Å². The minimum Gasteiger partial charge on any atom is -0.496 e. The molecule has 1 saturated heterocycles. The second kappa shape index (κ2) is 12.9. The molecule has 2 N–H and O–H groups in total. The van der Waals surface area contributed by atoms with Crippen molar-refractivity contribution in [3.05, 3.63) is 41.5 Å². The van der Waals surface area contributed by atoms with E-state index in [0.717, 1.165) is 44.3 Å². The summed E-state index contributed by atoms with van der Waals surface area (Å²) in [4.78, 5) is 39.3. The number of fused-ring (bicyclic) bond motifs is 1. The van der Waals surface area contributed by atoms with E-state index in [1.807, 2.05) is 20.8 Å². The summed E-state index contributed by atoms with van der Waals surface area (Å²) in [6.45, 7) is 8.04. The number of carbonyl (C=O) groups is 3. The lowest BCUT2D eigenvalue weighted by atomic mass is 9.85. The molecule has 3 atom stereocenters. The number of carboxylic acids is 1. The lowest BCUT2D eigenvalue weighted by Gasteiger charge is -2.34. The first-order chi connectivity index (χ1) is 19.9. The van der Waals surface area contributed by atoms with Crippen LogP contribution in [0.3, 0.4) is 0 Å². The third-order valence-electron chi connectivity index (χ3n) is 8.91. The van der Waals surface area contributed by atoms with Crippen LogP contribution in [-0.4, -0.2) is 73.5 Å². The molecule has 1 heterocycles. The van der Waals surface area contributed by atoms with Crippen molar-refractivity contribution in [1.29, 1.82) is 0 Å². The van der Waals surface area contributed by atoms with Crippen LogP contribution in [-0.2, 0) is 25.5 Å². The summed E-state index contributed by atoms with van der Waals surface area (Å²) < 4.78 is 16.6. The fourth-order valence-corrected chi connectivity index (χ4v) is 6.06. The standard InChI is InChI=1S/C33H46N2O7/c1-21-9-10-22-18-27(41-6)23(17-24(22)16-21)8-7-11-33(12-13-33)14-15-42-31(39)34-28(32(2,3)4)29(36)35-20-25(40-5)19-26(35)30(37)38/h9-10,16-18,25-26,28H,7-8,11-15,19-20H2,1-6H3,(H,34,39)(H,37,38)/t25-,26-,28+/m0/s1. The molecule has 9 nitrogen and oxygen atoms in total. The number of likely N-dealkylation sites (tertiary alicyclic amines) is 1. The number of benzene rings is 2. The lowest BCUT2D eigenvalue weighted by molar-refractivity contribution is -0.150. The lowest BCUT2D eigenvalue weighted by Crippen LogP contribution is -2.56. The Morgan fingerprint density at radius 3 is 2.45 bits per heavy atom. The van der Waals surface area contributed by atoms with E-state index in [1.165, 1.54) is 33.9 Å². The molecule has 0 unspecified atom stereocenters. The predicted molar refractivity (Wildman–Crippen MR) is 161 cm³/mol. The van der Waals surface area contributed by atoms with E-state index in [1.54, 1.807) is 7.11 Å². The van der Waals surface area contributed by atoms with E-state index in [-0.39, 0.29) is 31.1 Å². The van der Waals surface area contributed by atoms with E-state index in [9.17, 15) is 19.5 Å². The van der Waals surface area contributed by atoms with Gasteiger partial charge in [-0.3, -0.25) is 4.79 Å². The molecule has 230 valence electrons. The summed E-state index contributed by atoms with van der Waals surface area (Å²) in [5.41, 5.74) is 1.97. The van der Waals surface area contributed by atoms with Gasteiger partial charge in [0.15, 0.2) is 0 Å². The van der Waals surface area contributed by atoms with Gasteiger partial charge in [-0.25, -0.2) is 9.59 Å². The molecule has 2 fully saturated rings. The second-order valence-corrected chi connectivity index (χ2v) is 13.1. The zero-order valence-corrected chi connectivity index (χ0v) is 25.8. The molecule has 2 amide bonds. The number of hydrogen-bond donors (Lipinski definition) is 2. The number of aliphatic carboxylic acids is 1. The first kappa shape index (κ1) is 31.6. The number of nitrogens with one attached hydrogen (secondary N) is 1. The Hall–Kier alpha value is -3.33. The maximum absolute atomic E-state index is 13.4. The van der Waals surface area contributed by atoms with Crippen molar-refractivity contribution in [1.82, 2.24) is 10.2 Å². The Balaban J connectivity index is 1.28. The van der Waals surface area contributed by atoms with Crippen LogP contribution >= 0.6 is 0 Å². The molecule has 2 aromatic rings. The fourth-order valence-electron chi connectivity index (χ4n) is 6.06. The van der Waals surface area contributed by atoms with Gasteiger partial charge in [-0.1, -0.05) is 44.5 Å². The minimum atomic E-state index is -1.08. The van der Waals surface area contributed by atoms with Crippen LogP contribution in [0.15, 0.2) is 30.3 Å². The zero-order chi connectivity index (χ0) is 30.7. The molecule has 2 aliphatic rings. The van der Waals surface area contributed by atoms with Crippen LogP contribution < -0.4 is 10.1 Å². The van der Waals surface area contributed by atoms with Gasteiger partial charge in [-0.15, -0.1) is 0 Å². The summed E-state index contributed by atoms with van der Waals surface area (Å²) in [5, 5.41) is 14.8. The zero-order valence-electron chi connectivity index (χ0n) is 25.8. The number of hydrogen-bond acceptors (Lipinski definition) is 6. The van der Waals surface area contributed by atoms with E-state index >= 15 is 0 Å². The molecule has 2 aromatic carbocycles. The highest BCUT2D eigenvalue weighted by molar-refractivity contribution is 5.90. The van der Waals surface area contributed by atoms with Crippen molar-refractivity contribution in [3.63, 3.8) is 0 Å². The van der Waals surface area contributed by atoms with Crippen molar-refractivity contribution in [2.45, 2.75) is 90.8 Å². The van der Waals surface area contributed by atoms with E-state index in [4.69, 9.17) is 14.2 Å². The average molecular weight is 583 g/mol. The summed E-state index contributed by atoms with van der Waals surface area (Å²) >= 11 is 0. The summed E-state index contributed by atoms with van der Waals surface area (Å²) in [7, 11) is 3.22. The monoisotopic (exact) mass is 582 g/mol. The number of carbonyl (C=O) groups excluding carboxylic acids is 2. The topological polar surface area (TPSA) is 114 Å². The Morgan fingerprint density at radius 1 is 1.10 bits per heavy atom. The fraction of sp³-hybridized carbons (Fsp3) is 0.606. The van der Waals surface area contributed by atoms with Gasteiger partial charge in [0.2, 0.25) is 5.91 Å². The summed E-state index contributed by atoms with van der Waals surface area (Å²) in [5.74, 6) is -0.605. The highest BCUT2D eigenvalue weighted by Gasteiger charge is 2.45. The Labute approximate surface area is 248 Å². The van der Waals surface area contributed by atoms with Crippen molar-refractivity contribution in [3.8, 4) is 5.75 Å². The van der Waals surface area contributed by atoms with Gasteiger partial charge in [0, 0.05) is 20.1 Å². The molecule has 0 aromatic heterocycles. The van der Waals surface area contributed by atoms with E-state index in [2.05, 4.69) is 42.6 Å². The summed E-state index contributed by atoms with van der Waals surface area (Å²) in [6, 6.07) is 8.87. The van der Waals surface area contributed by atoms with Gasteiger partial charge in [-0.2, -0.15) is 0 Å². The third-order valence-corrected chi connectivity index (χ3v) is 8.91. The van der Waals surface area contributed by atoms with Crippen LogP contribution in [0.2, 0.25) is 0 Å². The highest BCUT2D eigenvalue weighted by atomic mass is 16.5. The number of alkyl carbamates (subject to hydrolysis) is 1. The van der Waals surface area contributed by atoms with Gasteiger partial charge < -0.3 is 29.5 Å². The number of amides is 2. The summed E-state index contributed by atoms with van der Waals surface area (Å²) in [6.07, 6.45) is 5.17. The molecule has 0 radical (unpaired) electrons. The minimum absolute atomic E-state index is 0.169. The highest BCUT2D eigenvalue weighted by Crippen LogP contribution is 2.52. The number of ether oxygens (including phenoxy) is 3. The Bertz CT molecular complexity index is 1300. The normalized spacial score (nSPS) is 20.3. The van der Waals surface area contributed by atoms with Gasteiger partial charge in [0.25, 0.3) is 0 Å². The van der Waals surface area contributed by atoms with Gasteiger partial charge in [-0.05, 0) is 84.7 Å². The molecule has 1 aliphatic carbocycles. The molecule has 42 heavy (non-hydrogen) atoms. The van der Waals surface area contributed by atoms with Gasteiger partial charge in [0.05, 0.1) is 19.8 Å². The smallest absolute Gasteiger partial charge is 0.407 e. The largest absolute Gasteiger partial charge is 0.496 e. The number of rotatable bonds is 12. The molecule has 1 aliphatic heterocycles. The Morgan fingerprint density at radius 2 is 1.83 bits per heavy atom. The van der Waals surface area contributed by atoms with E-state index in [0.29, 0.717) is 0 Å². The molecular formula is C33H46N2O7. The first-order valence-electron chi connectivity index (χ1n) is 14.9. The quantitative estimate of drug-likeness (QED) is 0.340. The van der Waals surface area contributed by atoms with E-state index < -0.39 is 35.5 Å². The molecule has 0 spiro atoms. The maximum Gasteiger partial charge on any atom is 0.407 e. The van der Waals surface area contributed by atoms with Crippen molar-refractivity contribution in [2.24, 2.45) is 10.8 Å². The number of carboxylic acid groups (broad SMARTS) is 1. The van der Waals surface area contributed by atoms with Crippen LogP contribution in [0.4, 0.5) is 4.79 Å². The molecule has 0 bridgehead atoms. The van der Waals surface area contributed by atoms with Crippen LogP contribution in [0.1, 0.15) is 70.4 Å². The second-order valence-electron chi connectivity index (χ2n) is 13.1. The molecular weight excluding hydrogens is 536 g/mol. The van der Waals surface area contributed by atoms with Gasteiger partial charge >= 0.3 is 12.1 Å². The van der Waals surface area contributed by atoms with Crippen molar-refractivity contribution < 1.29 is 33.7 Å².